The maximum atomic E-state index is 12.3. The average Bonchev–Trinajstić information content (AvgIpc) is 3.35. The van der Waals surface area contributed by atoms with Crippen molar-refractivity contribution in [1.29, 1.82) is 0 Å². The highest BCUT2D eigenvalue weighted by molar-refractivity contribution is 5.70. The molecule has 0 amide bonds. The van der Waals surface area contributed by atoms with Crippen molar-refractivity contribution in [2.75, 3.05) is 13.2 Å². The molecule has 0 bridgehead atoms. The van der Waals surface area contributed by atoms with Crippen LogP contribution in [0.5, 0.6) is 0 Å². The van der Waals surface area contributed by atoms with Gasteiger partial charge >= 0.3 is 11.9 Å². The number of esters is 2. The molecule has 1 atom stereocenters. The monoisotopic (exact) mass is 951 g/mol. The summed E-state index contributed by atoms with van der Waals surface area (Å²) in [6.07, 6.45) is 88.1. The Morgan fingerprint density at radius 2 is 0.623 bits per heavy atom. The van der Waals surface area contributed by atoms with Crippen LogP contribution in [0.1, 0.15) is 226 Å². The van der Waals surface area contributed by atoms with Crippen molar-refractivity contribution in [2.45, 2.75) is 232 Å². The molecule has 0 saturated heterocycles. The quantitative estimate of drug-likeness (QED) is 0.0374. The highest BCUT2D eigenvalue weighted by atomic mass is 16.6. The topological polar surface area (TPSA) is 72.8 Å². The third-order valence-corrected chi connectivity index (χ3v) is 11.4. The van der Waals surface area contributed by atoms with Gasteiger partial charge in [-0.3, -0.25) is 9.59 Å². The van der Waals surface area contributed by atoms with E-state index < -0.39 is 6.10 Å². The van der Waals surface area contributed by atoms with Gasteiger partial charge in [-0.15, -0.1) is 0 Å². The van der Waals surface area contributed by atoms with E-state index in [1.165, 1.54) is 83.5 Å². The number of carbonyl (C=O) groups is 2. The minimum absolute atomic E-state index is 0.0897. The third kappa shape index (κ3) is 56.3. The van der Waals surface area contributed by atoms with Crippen LogP contribution in [-0.4, -0.2) is 36.4 Å². The van der Waals surface area contributed by atoms with E-state index in [0.717, 1.165) is 116 Å². The molecule has 0 aromatic carbocycles. The summed E-state index contributed by atoms with van der Waals surface area (Å²) in [5.41, 5.74) is 0. The van der Waals surface area contributed by atoms with Gasteiger partial charge in [0, 0.05) is 12.8 Å². The summed E-state index contributed by atoms with van der Waals surface area (Å²) in [6, 6.07) is 0. The first-order valence-electron chi connectivity index (χ1n) is 27.9. The van der Waals surface area contributed by atoms with Crippen molar-refractivity contribution < 1.29 is 24.2 Å². The number of unbranched alkanes of at least 4 members (excludes halogenated alkanes) is 17. The molecule has 0 saturated carbocycles. The van der Waals surface area contributed by atoms with Gasteiger partial charge in [0.25, 0.3) is 0 Å². The van der Waals surface area contributed by atoms with Crippen LogP contribution in [0.2, 0.25) is 0 Å². The minimum Gasteiger partial charge on any atom is -0.462 e. The SMILES string of the molecule is CC/C=C\C/C=C\C/C=C\C/C=C\C/C=C\C/C=C\C/C=C\C/C=C\C/C=C\C/C=C\C/C=C\C/C=C\CCCCC(=O)OC(CO)COC(=O)CCCCCCCCCCCCCCCCCC. The van der Waals surface area contributed by atoms with E-state index in [1.54, 1.807) is 0 Å². The van der Waals surface area contributed by atoms with Gasteiger partial charge < -0.3 is 14.6 Å². The number of aliphatic hydroxyl groups excluding tert-OH is 1. The normalized spacial score (nSPS) is 13.4. The molecule has 0 rings (SSSR count). The number of allylic oxidation sites excluding steroid dienone is 24. The summed E-state index contributed by atoms with van der Waals surface area (Å²) < 4.78 is 10.6. The molecule has 0 aliphatic rings. The van der Waals surface area contributed by atoms with Gasteiger partial charge in [0.1, 0.15) is 6.61 Å². The number of rotatable bonds is 49. The second-order valence-electron chi connectivity index (χ2n) is 17.9. The summed E-state index contributed by atoms with van der Waals surface area (Å²) >= 11 is 0. The first kappa shape index (κ1) is 64.8. The zero-order valence-electron chi connectivity index (χ0n) is 44.3. The van der Waals surface area contributed by atoms with Crippen molar-refractivity contribution in [3.63, 3.8) is 0 Å². The van der Waals surface area contributed by atoms with Gasteiger partial charge in [0.05, 0.1) is 6.61 Å². The van der Waals surface area contributed by atoms with Gasteiger partial charge in [-0.2, -0.15) is 0 Å². The molecular weight excluding hydrogens is 849 g/mol. The second kappa shape index (κ2) is 58.1. The van der Waals surface area contributed by atoms with Crippen LogP contribution in [-0.2, 0) is 19.1 Å². The van der Waals surface area contributed by atoms with Gasteiger partial charge in [-0.25, -0.2) is 0 Å². The van der Waals surface area contributed by atoms with Gasteiger partial charge in [-0.1, -0.05) is 256 Å². The molecule has 0 aromatic heterocycles. The van der Waals surface area contributed by atoms with E-state index in [-0.39, 0.29) is 25.2 Å². The molecule has 1 unspecified atom stereocenters. The Morgan fingerprint density at radius 3 is 0.942 bits per heavy atom. The predicted molar refractivity (Wildman–Crippen MR) is 301 cm³/mol. The average molecular weight is 952 g/mol. The molecule has 0 heterocycles. The Bertz CT molecular complexity index is 1490. The standard InChI is InChI=1S/C64H102O5/c1-3-5-7-9-11-13-15-17-19-21-22-23-24-25-26-27-28-29-30-31-32-33-34-35-36-37-38-39-40-41-42-43-45-47-49-51-53-55-57-59-64(67)69-62(60-65)61-68-63(66)58-56-54-52-50-48-46-44-20-18-16-14-12-10-8-6-4-2/h5,7,11,13,17,19,22-23,25-26,28-29,31-32,34-35,37-38,40-41,43,45,49,51,62,65H,3-4,6,8-10,12,14-16,18,20-21,24,27,30,33,36,39,42,44,46-48,50,52-61H2,1-2H3/b7-5-,13-11-,19-17-,23-22-,26-25-,29-28-,32-31-,35-34-,38-37-,41-40-,45-43-,51-49-. The smallest absolute Gasteiger partial charge is 0.306 e. The van der Waals surface area contributed by atoms with E-state index in [0.29, 0.717) is 12.8 Å². The maximum absolute atomic E-state index is 12.3. The lowest BCUT2D eigenvalue weighted by atomic mass is 10.0. The fourth-order valence-corrected chi connectivity index (χ4v) is 7.24. The van der Waals surface area contributed by atoms with Crippen LogP contribution in [0, 0.1) is 0 Å². The lowest BCUT2D eigenvalue weighted by Crippen LogP contribution is -2.28. The molecule has 69 heavy (non-hydrogen) atoms. The number of hydrogen-bond donors (Lipinski definition) is 1. The van der Waals surface area contributed by atoms with E-state index in [9.17, 15) is 14.7 Å². The lowest BCUT2D eigenvalue weighted by Gasteiger charge is -2.15. The molecule has 0 aliphatic heterocycles. The second-order valence-corrected chi connectivity index (χ2v) is 17.9. The van der Waals surface area contributed by atoms with E-state index >= 15 is 0 Å². The number of aliphatic hydroxyl groups is 1. The molecule has 0 spiro atoms. The Labute approximate surface area is 425 Å². The maximum Gasteiger partial charge on any atom is 0.306 e. The Kier molecular flexibility index (Phi) is 54.5. The van der Waals surface area contributed by atoms with Gasteiger partial charge in [0.15, 0.2) is 6.10 Å². The molecule has 1 N–H and O–H groups in total. The highest BCUT2D eigenvalue weighted by Crippen LogP contribution is 2.15. The lowest BCUT2D eigenvalue weighted by molar-refractivity contribution is -0.161. The molecule has 5 heteroatoms. The van der Waals surface area contributed by atoms with Crippen molar-refractivity contribution in [1.82, 2.24) is 0 Å². The fourth-order valence-electron chi connectivity index (χ4n) is 7.24. The summed E-state index contributed by atoms with van der Waals surface area (Å²) in [6.45, 7) is 3.99. The van der Waals surface area contributed by atoms with Crippen molar-refractivity contribution in [3.8, 4) is 0 Å². The molecule has 0 aromatic rings. The highest BCUT2D eigenvalue weighted by Gasteiger charge is 2.16. The Balaban J connectivity index is 3.70. The van der Waals surface area contributed by atoms with Gasteiger partial charge in [0.2, 0.25) is 0 Å². The number of carbonyl (C=O) groups excluding carboxylic acids is 2. The molecule has 5 nitrogen and oxygen atoms in total. The van der Waals surface area contributed by atoms with Crippen LogP contribution in [0.25, 0.3) is 0 Å². The number of hydrogen-bond acceptors (Lipinski definition) is 5. The number of ether oxygens (including phenoxy) is 2. The summed E-state index contributed by atoms with van der Waals surface area (Å²) in [5.74, 6) is -0.647. The summed E-state index contributed by atoms with van der Waals surface area (Å²) in [4.78, 5) is 24.4. The minimum atomic E-state index is -0.803. The molecule has 0 radical (unpaired) electrons. The van der Waals surface area contributed by atoms with E-state index in [1.807, 2.05) is 0 Å². The van der Waals surface area contributed by atoms with Crippen LogP contribution >= 0.6 is 0 Å². The summed E-state index contributed by atoms with van der Waals surface area (Å²) in [7, 11) is 0. The Morgan fingerprint density at radius 1 is 0.348 bits per heavy atom. The first-order chi connectivity index (χ1) is 34.1. The van der Waals surface area contributed by atoms with E-state index in [4.69, 9.17) is 9.47 Å². The van der Waals surface area contributed by atoms with E-state index in [2.05, 4.69) is 160 Å². The van der Waals surface area contributed by atoms with Gasteiger partial charge in [-0.05, 0) is 103 Å². The molecule has 0 fully saturated rings. The first-order valence-corrected chi connectivity index (χ1v) is 27.9. The fraction of sp³-hybridized carbons (Fsp3) is 0.594. The Hall–Kier alpha value is -4.22. The van der Waals surface area contributed by atoms with Crippen LogP contribution < -0.4 is 0 Å². The van der Waals surface area contributed by atoms with Crippen LogP contribution in [0.3, 0.4) is 0 Å². The zero-order valence-corrected chi connectivity index (χ0v) is 44.3. The zero-order chi connectivity index (χ0) is 49.9. The van der Waals surface area contributed by atoms with Crippen molar-refractivity contribution in [3.05, 3.63) is 146 Å². The molecule has 388 valence electrons. The van der Waals surface area contributed by atoms with Crippen molar-refractivity contribution in [2.24, 2.45) is 0 Å². The van der Waals surface area contributed by atoms with Crippen LogP contribution in [0.15, 0.2) is 146 Å². The predicted octanol–water partition coefficient (Wildman–Crippen LogP) is 19.0. The van der Waals surface area contributed by atoms with Crippen molar-refractivity contribution >= 4 is 11.9 Å². The third-order valence-electron chi connectivity index (χ3n) is 11.4. The summed E-state index contributed by atoms with van der Waals surface area (Å²) in [5, 5.41) is 9.62. The molecule has 0 aliphatic carbocycles. The largest absolute Gasteiger partial charge is 0.462 e. The van der Waals surface area contributed by atoms with Crippen LogP contribution in [0.4, 0.5) is 0 Å². The molecular formula is C64H102O5.